The van der Waals surface area contributed by atoms with Gasteiger partial charge in [0.05, 0.1) is 24.8 Å². The van der Waals surface area contributed by atoms with Gasteiger partial charge in [-0.25, -0.2) is 0 Å². The van der Waals surface area contributed by atoms with Gasteiger partial charge in [0.2, 0.25) is 0 Å². The molecule has 1 aliphatic rings. The number of alkyl halides is 3. The molecule has 1 aliphatic heterocycles. The van der Waals surface area contributed by atoms with Crippen LogP contribution in [-0.4, -0.2) is 43.2 Å². The molecule has 2 rings (SSSR count). The van der Waals surface area contributed by atoms with E-state index in [0.717, 1.165) is 44.8 Å². The molecule has 0 unspecified atom stereocenters. The van der Waals surface area contributed by atoms with Gasteiger partial charge >= 0.3 is 12.1 Å². The topological polar surface area (TPSA) is 38.8 Å². The first-order valence-corrected chi connectivity index (χ1v) is 10.4. The standard InChI is InChI=1S/C20H27BrF3NO3/c1-3-27-19(26)13-25-10-8-15(9-11-25)5-4-14(2)28-16-6-7-18(21)17(12-16)20(22,23)24/h6-7,12,14-15H,3-5,8-11,13H2,1-2H3/t14-/m0/s1. The number of carbonyl (C=O) groups excluding carboxylic acids is 1. The van der Waals surface area contributed by atoms with E-state index in [9.17, 15) is 18.0 Å². The Morgan fingerprint density at radius 1 is 1.32 bits per heavy atom. The van der Waals surface area contributed by atoms with E-state index in [-0.39, 0.29) is 22.3 Å². The minimum absolute atomic E-state index is 0.00887. The van der Waals surface area contributed by atoms with E-state index in [4.69, 9.17) is 9.47 Å². The van der Waals surface area contributed by atoms with Crippen molar-refractivity contribution in [1.29, 1.82) is 0 Å². The van der Waals surface area contributed by atoms with Gasteiger partial charge in [-0.2, -0.15) is 13.2 Å². The van der Waals surface area contributed by atoms with Gasteiger partial charge in [-0.1, -0.05) is 15.9 Å². The van der Waals surface area contributed by atoms with Gasteiger partial charge in [-0.3, -0.25) is 9.69 Å². The molecule has 1 fully saturated rings. The molecule has 1 aromatic rings. The predicted octanol–water partition coefficient (Wildman–Crippen LogP) is 5.29. The Morgan fingerprint density at radius 2 is 2.00 bits per heavy atom. The van der Waals surface area contributed by atoms with Crippen LogP contribution < -0.4 is 4.74 Å². The quantitative estimate of drug-likeness (QED) is 0.488. The fourth-order valence-corrected chi connectivity index (χ4v) is 3.85. The molecule has 28 heavy (non-hydrogen) atoms. The van der Waals surface area contributed by atoms with Crippen molar-refractivity contribution in [1.82, 2.24) is 4.90 Å². The molecule has 1 heterocycles. The first kappa shape index (κ1) is 23.0. The Bertz CT molecular complexity index is 646. The smallest absolute Gasteiger partial charge is 0.417 e. The number of hydrogen-bond acceptors (Lipinski definition) is 4. The van der Waals surface area contributed by atoms with Gasteiger partial charge in [0.1, 0.15) is 5.75 Å². The monoisotopic (exact) mass is 465 g/mol. The third-order valence-corrected chi connectivity index (χ3v) is 5.62. The summed E-state index contributed by atoms with van der Waals surface area (Å²) in [7, 11) is 0. The van der Waals surface area contributed by atoms with E-state index in [1.54, 1.807) is 13.0 Å². The number of rotatable bonds is 8. The van der Waals surface area contributed by atoms with Crippen LogP contribution in [0.15, 0.2) is 22.7 Å². The second-order valence-corrected chi connectivity index (χ2v) is 8.02. The summed E-state index contributed by atoms with van der Waals surface area (Å²) in [6.07, 6.45) is -0.846. The number of carbonyl (C=O) groups is 1. The van der Waals surface area contributed by atoms with Crippen LogP contribution in [0.1, 0.15) is 45.1 Å². The van der Waals surface area contributed by atoms with E-state index in [0.29, 0.717) is 19.1 Å². The first-order valence-electron chi connectivity index (χ1n) is 9.60. The number of likely N-dealkylation sites (tertiary alicyclic amines) is 1. The summed E-state index contributed by atoms with van der Waals surface area (Å²) in [5, 5.41) is 0. The molecule has 0 saturated carbocycles. The van der Waals surface area contributed by atoms with Gasteiger partial charge in [-0.15, -0.1) is 0 Å². The van der Waals surface area contributed by atoms with E-state index in [2.05, 4.69) is 20.8 Å². The summed E-state index contributed by atoms with van der Waals surface area (Å²) < 4.78 is 49.7. The van der Waals surface area contributed by atoms with Crippen molar-refractivity contribution >= 4 is 21.9 Å². The van der Waals surface area contributed by atoms with Crippen LogP contribution in [0.2, 0.25) is 0 Å². The van der Waals surface area contributed by atoms with Crippen LogP contribution in [0, 0.1) is 5.92 Å². The zero-order valence-corrected chi connectivity index (χ0v) is 17.8. The average Bonchev–Trinajstić information content (AvgIpc) is 2.62. The molecule has 0 aromatic heterocycles. The highest BCUT2D eigenvalue weighted by molar-refractivity contribution is 9.10. The highest BCUT2D eigenvalue weighted by Gasteiger charge is 2.33. The maximum Gasteiger partial charge on any atom is 0.417 e. The van der Waals surface area contributed by atoms with E-state index >= 15 is 0 Å². The number of piperidine rings is 1. The molecule has 1 aromatic carbocycles. The molecule has 158 valence electrons. The molecule has 0 radical (unpaired) electrons. The van der Waals surface area contributed by atoms with E-state index < -0.39 is 11.7 Å². The second-order valence-electron chi connectivity index (χ2n) is 7.17. The van der Waals surface area contributed by atoms with Crippen molar-refractivity contribution in [3.63, 3.8) is 0 Å². The molecule has 8 heteroatoms. The van der Waals surface area contributed by atoms with Crippen molar-refractivity contribution in [2.45, 2.75) is 51.8 Å². The molecule has 0 amide bonds. The summed E-state index contributed by atoms with van der Waals surface area (Å²) in [5.74, 6) is 0.586. The van der Waals surface area contributed by atoms with Gasteiger partial charge in [0, 0.05) is 4.47 Å². The Kier molecular flexibility index (Phi) is 8.61. The molecule has 1 saturated heterocycles. The summed E-state index contributed by atoms with van der Waals surface area (Å²) in [6, 6.07) is 3.95. The number of ether oxygens (including phenoxy) is 2. The lowest BCUT2D eigenvalue weighted by Gasteiger charge is -2.31. The number of halogens is 4. The average molecular weight is 466 g/mol. The van der Waals surface area contributed by atoms with Gasteiger partial charge in [0.25, 0.3) is 0 Å². The Hall–Kier alpha value is -1.28. The van der Waals surface area contributed by atoms with Crippen molar-refractivity contribution in [2.75, 3.05) is 26.2 Å². The van der Waals surface area contributed by atoms with Crippen molar-refractivity contribution in [2.24, 2.45) is 5.92 Å². The Morgan fingerprint density at radius 3 is 2.61 bits per heavy atom. The molecule has 0 spiro atoms. The zero-order chi connectivity index (χ0) is 20.7. The fourth-order valence-electron chi connectivity index (χ4n) is 3.38. The van der Waals surface area contributed by atoms with Gasteiger partial charge < -0.3 is 9.47 Å². The Labute approximate surface area is 172 Å². The highest BCUT2D eigenvalue weighted by Crippen LogP contribution is 2.37. The third-order valence-electron chi connectivity index (χ3n) is 4.93. The van der Waals surface area contributed by atoms with Crippen LogP contribution in [0.25, 0.3) is 0 Å². The summed E-state index contributed by atoms with van der Waals surface area (Å²) >= 11 is 2.94. The van der Waals surface area contributed by atoms with Gasteiger partial charge in [0.15, 0.2) is 0 Å². The van der Waals surface area contributed by atoms with E-state index in [1.807, 2.05) is 6.92 Å². The third kappa shape index (κ3) is 7.28. The number of esters is 1. The molecular formula is C20H27BrF3NO3. The molecule has 1 atom stereocenters. The van der Waals surface area contributed by atoms with Crippen molar-refractivity contribution in [3.05, 3.63) is 28.2 Å². The highest BCUT2D eigenvalue weighted by atomic mass is 79.9. The Balaban J connectivity index is 1.75. The largest absolute Gasteiger partial charge is 0.491 e. The van der Waals surface area contributed by atoms with Gasteiger partial charge in [-0.05, 0) is 76.7 Å². The lowest BCUT2D eigenvalue weighted by atomic mass is 9.91. The molecule has 4 nitrogen and oxygen atoms in total. The van der Waals surface area contributed by atoms with Crippen molar-refractivity contribution in [3.8, 4) is 5.75 Å². The number of hydrogen-bond donors (Lipinski definition) is 0. The van der Waals surface area contributed by atoms with Crippen LogP contribution in [0.4, 0.5) is 13.2 Å². The van der Waals surface area contributed by atoms with Crippen molar-refractivity contribution < 1.29 is 27.4 Å². The molecule has 0 aliphatic carbocycles. The lowest BCUT2D eigenvalue weighted by molar-refractivity contribution is -0.144. The predicted molar refractivity (Wildman–Crippen MR) is 104 cm³/mol. The molecular weight excluding hydrogens is 439 g/mol. The zero-order valence-electron chi connectivity index (χ0n) is 16.2. The molecule has 0 bridgehead atoms. The number of nitrogens with zero attached hydrogens (tertiary/aromatic N) is 1. The minimum atomic E-state index is -4.42. The second kappa shape index (κ2) is 10.5. The van der Waals surface area contributed by atoms with Crippen LogP contribution in [0.3, 0.4) is 0 Å². The normalized spacial score (nSPS) is 17.4. The first-order chi connectivity index (χ1) is 13.2. The lowest BCUT2D eigenvalue weighted by Crippen LogP contribution is -2.38. The minimum Gasteiger partial charge on any atom is -0.491 e. The van der Waals surface area contributed by atoms with Crippen LogP contribution >= 0.6 is 15.9 Å². The maximum absolute atomic E-state index is 13.0. The summed E-state index contributed by atoms with van der Waals surface area (Å²) in [5.41, 5.74) is -0.730. The SMILES string of the molecule is CCOC(=O)CN1CCC(CC[C@H](C)Oc2ccc(Br)c(C(F)(F)F)c2)CC1. The number of benzene rings is 1. The summed E-state index contributed by atoms with van der Waals surface area (Å²) in [6.45, 7) is 6.14. The molecule has 0 N–H and O–H groups in total. The van der Waals surface area contributed by atoms with Crippen LogP contribution in [-0.2, 0) is 15.7 Å². The fraction of sp³-hybridized carbons (Fsp3) is 0.650. The van der Waals surface area contributed by atoms with Crippen LogP contribution in [0.5, 0.6) is 5.75 Å². The maximum atomic E-state index is 13.0. The van der Waals surface area contributed by atoms with E-state index in [1.165, 1.54) is 6.07 Å². The summed E-state index contributed by atoms with van der Waals surface area (Å²) in [4.78, 5) is 13.6.